The molecule has 0 aliphatic heterocycles. The van der Waals surface area contributed by atoms with Crippen molar-refractivity contribution in [1.82, 2.24) is 5.32 Å². The number of rotatable bonds is 5. The van der Waals surface area contributed by atoms with Crippen molar-refractivity contribution in [2.45, 2.75) is 19.4 Å². The van der Waals surface area contributed by atoms with Crippen LogP contribution in [0.1, 0.15) is 24.9 Å². The average Bonchev–Trinajstić information content (AvgIpc) is 2.17. The van der Waals surface area contributed by atoms with Gasteiger partial charge in [0.15, 0.2) is 0 Å². The van der Waals surface area contributed by atoms with E-state index in [1.165, 1.54) is 12.1 Å². The number of hydrogen-bond acceptors (Lipinski definition) is 2. The molecule has 0 aromatic heterocycles. The van der Waals surface area contributed by atoms with Crippen LogP contribution in [-0.2, 0) is 0 Å². The Bertz CT molecular complexity index is 311. The Morgan fingerprint density at radius 2 is 2.13 bits per heavy atom. The molecule has 1 aromatic rings. The van der Waals surface area contributed by atoms with Crippen molar-refractivity contribution < 1.29 is 13.9 Å². The predicted octanol–water partition coefficient (Wildman–Crippen LogP) is 2.00. The number of aliphatic hydroxyl groups is 1. The van der Waals surface area contributed by atoms with Gasteiger partial charge in [-0.05, 0) is 19.0 Å². The van der Waals surface area contributed by atoms with Crippen LogP contribution >= 0.6 is 0 Å². The van der Waals surface area contributed by atoms with Crippen LogP contribution in [-0.4, -0.2) is 18.3 Å². The third-order valence-electron chi connectivity index (χ3n) is 2.21. The van der Waals surface area contributed by atoms with Gasteiger partial charge < -0.3 is 10.4 Å². The summed E-state index contributed by atoms with van der Waals surface area (Å²) in [5.41, 5.74) is 0.396. The van der Waals surface area contributed by atoms with Crippen LogP contribution in [0.5, 0.6) is 0 Å². The van der Waals surface area contributed by atoms with Gasteiger partial charge in [-0.25, -0.2) is 8.78 Å². The van der Waals surface area contributed by atoms with Crippen molar-refractivity contribution in [2.24, 2.45) is 0 Å². The van der Waals surface area contributed by atoms with Crippen LogP contribution < -0.4 is 5.32 Å². The Labute approximate surface area is 87.9 Å². The molecule has 4 heteroatoms. The van der Waals surface area contributed by atoms with Gasteiger partial charge in [0.2, 0.25) is 0 Å². The summed E-state index contributed by atoms with van der Waals surface area (Å²) in [6, 6.07) is 3.23. The van der Waals surface area contributed by atoms with Crippen LogP contribution in [0.15, 0.2) is 18.2 Å². The summed E-state index contributed by atoms with van der Waals surface area (Å²) in [5, 5.41) is 11.9. The van der Waals surface area contributed by atoms with Crippen LogP contribution in [0.3, 0.4) is 0 Å². The summed E-state index contributed by atoms with van der Waals surface area (Å²) < 4.78 is 26.1. The van der Waals surface area contributed by atoms with Gasteiger partial charge in [-0.3, -0.25) is 0 Å². The molecule has 0 fully saturated rings. The van der Waals surface area contributed by atoms with Crippen molar-refractivity contribution in [2.75, 3.05) is 13.2 Å². The lowest BCUT2D eigenvalue weighted by Gasteiger charge is -2.17. The Balaban J connectivity index is 2.89. The maximum Gasteiger partial charge on any atom is 0.130 e. The highest BCUT2D eigenvalue weighted by Crippen LogP contribution is 2.20. The van der Waals surface area contributed by atoms with E-state index in [4.69, 9.17) is 5.11 Å². The molecule has 1 atom stereocenters. The highest BCUT2D eigenvalue weighted by molar-refractivity contribution is 5.22. The number of nitrogens with one attached hydrogen (secondary N) is 1. The van der Waals surface area contributed by atoms with Crippen molar-refractivity contribution in [3.8, 4) is 0 Å². The first-order chi connectivity index (χ1) is 7.19. The molecule has 1 rings (SSSR count). The standard InChI is InChI=1S/C11H15F2NO/c1-2-14-11(5-6-15)9-4-3-8(12)7-10(9)13/h3-4,7,11,14-15H,2,5-6H2,1H3. The lowest BCUT2D eigenvalue weighted by molar-refractivity contribution is 0.265. The molecule has 1 aromatic carbocycles. The number of benzene rings is 1. The van der Waals surface area contributed by atoms with Gasteiger partial charge in [-0.2, -0.15) is 0 Å². The lowest BCUT2D eigenvalue weighted by Crippen LogP contribution is -2.23. The molecule has 0 aliphatic carbocycles. The Morgan fingerprint density at radius 1 is 1.40 bits per heavy atom. The van der Waals surface area contributed by atoms with Crippen molar-refractivity contribution in [1.29, 1.82) is 0 Å². The van der Waals surface area contributed by atoms with Crippen LogP contribution in [0.2, 0.25) is 0 Å². The zero-order chi connectivity index (χ0) is 11.3. The van der Waals surface area contributed by atoms with Crippen LogP contribution in [0, 0.1) is 11.6 Å². The molecule has 0 spiro atoms. The van der Waals surface area contributed by atoms with Gasteiger partial charge >= 0.3 is 0 Å². The molecule has 15 heavy (non-hydrogen) atoms. The Kier molecular flexibility index (Phi) is 4.65. The van der Waals surface area contributed by atoms with Crippen LogP contribution in [0.25, 0.3) is 0 Å². The first kappa shape index (κ1) is 12.1. The molecule has 0 heterocycles. The average molecular weight is 215 g/mol. The fourth-order valence-electron chi connectivity index (χ4n) is 1.53. The monoisotopic (exact) mass is 215 g/mol. The first-order valence-electron chi connectivity index (χ1n) is 4.98. The van der Waals surface area contributed by atoms with E-state index >= 15 is 0 Å². The minimum Gasteiger partial charge on any atom is -0.396 e. The fourth-order valence-corrected chi connectivity index (χ4v) is 1.53. The Hall–Kier alpha value is -1.00. The second-order valence-electron chi connectivity index (χ2n) is 3.29. The summed E-state index contributed by atoms with van der Waals surface area (Å²) >= 11 is 0. The van der Waals surface area contributed by atoms with Gasteiger partial charge in [-0.1, -0.05) is 13.0 Å². The molecule has 2 nitrogen and oxygen atoms in total. The van der Waals surface area contributed by atoms with Crippen molar-refractivity contribution in [3.05, 3.63) is 35.4 Å². The van der Waals surface area contributed by atoms with Gasteiger partial charge in [0, 0.05) is 24.3 Å². The molecular weight excluding hydrogens is 200 g/mol. The van der Waals surface area contributed by atoms with E-state index in [1.54, 1.807) is 0 Å². The van der Waals surface area contributed by atoms with Gasteiger partial charge in [0.05, 0.1) is 0 Å². The molecular formula is C11H15F2NO. The molecule has 2 N–H and O–H groups in total. The van der Waals surface area contributed by atoms with E-state index in [1.807, 2.05) is 6.92 Å². The van der Waals surface area contributed by atoms with Gasteiger partial charge in [-0.15, -0.1) is 0 Å². The summed E-state index contributed by atoms with van der Waals surface area (Å²) in [6.07, 6.45) is 0.413. The SMILES string of the molecule is CCNC(CCO)c1ccc(F)cc1F. The highest BCUT2D eigenvalue weighted by atomic mass is 19.1. The van der Waals surface area contributed by atoms with Crippen molar-refractivity contribution in [3.63, 3.8) is 0 Å². The van der Waals surface area contributed by atoms with E-state index in [9.17, 15) is 8.78 Å². The second-order valence-corrected chi connectivity index (χ2v) is 3.29. The van der Waals surface area contributed by atoms with E-state index in [-0.39, 0.29) is 12.6 Å². The van der Waals surface area contributed by atoms with Gasteiger partial charge in [0.25, 0.3) is 0 Å². The number of halogens is 2. The van der Waals surface area contributed by atoms with E-state index in [0.29, 0.717) is 18.5 Å². The summed E-state index contributed by atoms with van der Waals surface area (Å²) in [6.45, 7) is 2.53. The molecule has 0 aliphatic rings. The molecule has 0 saturated carbocycles. The molecule has 1 unspecified atom stereocenters. The molecule has 84 valence electrons. The number of hydrogen-bond donors (Lipinski definition) is 2. The summed E-state index contributed by atoms with van der Waals surface area (Å²) in [4.78, 5) is 0. The topological polar surface area (TPSA) is 32.3 Å². The smallest absolute Gasteiger partial charge is 0.130 e. The minimum absolute atomic E-state index is 0.0333. The molecule has 0 bridgehead atoms. The summed E-state index contributed by atoms with van der Waals surface area (Å²) in [5.74, 6) is -1.16. The maximum atomic E-state index is 13.4. The quantitative estimate of drug-likeness (QED) is 0.787. The largest absolute Gasteiger partial charge is 0.396 e. The first-order valence-corrected chi connectivity index (χ1v) is 4.98. The molecule has 0 amide bonds. The summed E-state index contributed by atoms with van der Waals surface area (Å²) in [7, 11) is 0. The lowest BCUT2D eigenvalue weighted by atomic mass is 10.0. The second kappa shape index (κ2) is 5.78. The van der Waals surface area contributed by atoms with Crippen molar-refractivity contribution >= 4 is 0 Å². The molecule has 0 radical (unpaired) electrons. The van der Waals surface area contributed by atoms with E-state index in [0.717, 1.165) is 6.07 Å². The predicted molar refractivity (Wildman–Crippen MR) is 54.5 cm³/mol. The highest BCUT2D eigenvalue weighted by Gasteiger charge is 2.14. The van der Waals surface area contributed by atoms with E-state index in [2.05, 4.69) is 5.32 Å². The van der Waals surface area contributed by atoms with E-state index < -0.39 is 11.6 Å². The zero-order valence-electron chi connectivity index (χ0n) is 8.63. The third-order valence-corrected chi connectivity index (χ3v) is 2.21. The Morgan fingerprint density at radius 3 is 2.67 bits per heavy atom. The number of aliphatic hydroxyl groups excluding tert-OH is 1. The fraction of sp³-hybridized carbons (Fsp3) is 0.455. The van der Waals surface area contributed by atoms with Gasteiger partial charge in [0.1, 0.15) is 11.6 Å². The van der Waals surface area contributed by atoms with Crippen LogP contribution in [0.4, 0.5) is 8.78 Å². The minimum atomic E-state index is -0.588. The zero-order valence-corrected chi connectivity index (χ0v) is 8.63. The third kappa shape index (κ3) is 3.25. The maximum absolute atomic E-state index is 13.4. The molecule has 0 saturated heterocycles. The normalized spacial score (nSPS) is 12.8.